The van der Waals surface area contributed by atoms with Crippen molar-refractivity contribution in [1.29, 1.82) is 0 Å². The number of nitrogens with one attached hydrogen (secondary N) is 2. The summed E-state index contributed by atoms with van der Waals surface area (Å²) in [4.78, 5) is 35.0. The van der Waals surface area contributed by atoms with Crippen molar-refractivity contribution in [3.63, 3.8) is 0 Å². The fourth-order valence-electron chi connectivity index (χ4n) is 2.82. The van der Waals surface area contributed by atoms with E-state index in [0.717, 1.165) is 7.11 Å². The molecular formula is C22H21Cl2F3N2O5. The van der Waals surface area contributed by atoms with Gasteiger partial charge in [-0.05, 0) is 36.2 Å². The normalized spacial score (nSPS) is 11.9. The van der Waals surface area contributed by atoms with Gasteiger partial charge in [0.25, 0.3) is 5.91 Å². The predicted molar refractivity (Wildman–Crippen MR) is 119 cm³/mol. The van der Waals surface area contributed by atoms with Crippen LogP contribution < -0.4 is 15.4 Å². The number of benzene rings is 2. The molecule has 0 saturated heterocycles. The summed E-state index contributed by atoms with van der Waals surface area (Å²) in [6.45, 7) is 0.501. The molecule has 0 aromatic heterocycles. The molecule has 7 nitrogen and oxygen atoms in total. The topological polar surface area (TPSA) is 93.7 Å². The van der Waals surface area contributed by atoms with Crippen LogP contribution in [0.15, 0.2) is 42.5 Å². The molecule has 184 valence electrons. The van der Waals surface area contributed by atoms with Crippen LogP contribution in [-0.4, -0.2) is 50.3 Å². The Balaban J connectivity index is 1.94. The van der Waals surface area contributed by atoms with E-state index < -0.39 is 24.1 Å². The van der Waals surface area contributed by atoms with E-state index in [9.17, 15) is 27.6 Å². The quantitative estimate of drug-likeness (QED) is 0.365. The Labute approximate surface area is 203 Å². The van der Waals surface area contributed by atoms with Crippen molar-refractivity contribution >= 4 is 41.0 Å². The largest absolute Gasteiger partial charge is 0.490 e. The molecular weight excluding hydrogens is 500 g/mol. The average Bonchev–Trinajstić information content (AvgIpc) is 2.79. The molecule has 34 heavy (non-hydrogen) atoms. The summed E-state index contributed by atoms with van der Waals surface area (Å²) in [7, 11) is 0.980. The molecule has 0 radical (unpaired) electrons. The molecule has 1 atom stereocenters. The van der Waals surface area contributed by atoms with E-state index in [-0.39, 0.29) is 40.3 Å². The van der Waals surface area contributed by atoms with Gasteiger partial charge in [0.2, 0.25) is 0 Å². The number of halogens is 5. The number of methoxy groups -OCH3 is 1. The molecule has 0 aliphatic heterocycles. The number of hydrogen-bond acceptors (Lipinski definition) is 5. The minimum atomic E-state index is -5.17. The Morgan fingerprint density at radius 1 is 1.06 bits per heavy atom. The number of amides is 2. The number of carbonyl (C=O) groups excluding carboxylic acids is 3. The van der Waals surface area contributed by atoms with Crippen LogP contribution in [0.3, 0.4) is 0 Å². The van der Waals surface area contributed by atoms with Crippen molar-refractivity contribution in [2.75, 3.05) is 20.3 Å². The van der Waals surface area contributed by atoms with Gasteiger partial charge in [-0.3, -0.25) is 9.59 Å². The summed E-state index contributed by atoms with van der Waals surface area (Å²) >= 11 is 12.4. The second-order valence-corrected chi connectivity index (χ2v) is 7.78. The third-order valence-corrected chi connectivity index (χ3v) is 5.00. The molecule has 0 aliphatic rings. The van der Waals surface area contributed by atoms with E-state index in [2.05, 4.69) is 10.1 Å². The molecule has 0 spiro atoms. The van der Waals surface area contributed by atoms with E-state index in [1.54, 1.807) is 35.6 Å². The third-order valence-electron chi connectivity index (χ3n) is 4.44. The van der Waals surface area contributed by atoms with Crippen LogP contribution in [0.25, 0.3) is 0 Å². The monoisotopic (exact) mass is 520 g/mol. The van der Waals surface area contributed by atoms with Gasteiger partial charge in [0, 0.05) is 18.5 Å². The summed E-state index contributed by atoms with van der Waals surface area (Å²) in [5.74, 6) is -3.43. The number of ether oxygens (including phenoxy) is 2. The van der Waals surface area contributed by atoms with E-state index >= 15 is 0 Å². The Kier molecular flexibility index (Phi) is 10.0. The van der Waals surface area contributed by atoms with Gasteiger partial charge >= 0.3 is 18.1 Å². The lowest BCUT2D eigenvalue weighted by Crippen LogP contribution is -2.48. The predicted octanol–water partition coefficient (Wildman–Crippen LogP) is 3.95. The molecule has 2 amide bonds. The highest BCUT2D eigenvalue weighted by Gasteiger charge is 2.41. The van der Waals surface area contributed by atoms with Crippen LogP contribution in [0.1, 0.15) is 22.3 Å². The zero-order chi connectivity index (χ0) is 25.3. The highest BCUT2D eigenvalue weighted by atomic mass is 35.5. The maximum Gasteiger partial charge on any atom is 0.471 e. The first kappa shape index (κ1) is 27.3. The van der Waals surface area contributed by atoms with Crippen LogP contribution in [-0.2, 0) is 20.7 Å². The van der Waals surface area contributed by atoms with Gasteiger partial charge in [-0.2, -0.15) is 13.2 Å². The molecule has 2 aromatic carbocycles. The van der Waals surface area contributed by atoms with Gasteiger partial charge in [-0.15, -0.1) is 0 Å². The molecule has 2 N–H and O–H groups in total. The molecule has 12 heteroatoms. The van der Waals surface area contributed by atoms with Gasteiger partial charge in [0.1, 0.15) is 6.04 Å². The van der Waals surface area contributed by atoms with Crippen molar-refractivity contribution in [3.05, 3.63) is 63.6 Å². The number of carbonyl (C=O) groups is 3. The standard InChI is InChI=1S/C22H21Cl2F3N2O5/c1-33-20(31)17(29-21(32)22(25,26)27)12-13-10-15(23)18(16(24)11-13)34-9-5-8-28-19(30)14-6-3-2-4-7-14/h2-4,6-7,10-11,17H,5,8-9,12H2,1H3,(H,28,30)(H,29,32)/t17-/m0/s1. The minimum absolute atomic E-state index is 0.0570. The third kappa shape index (κ3) is 8.11. The summed E-state index contributed by atoms with van der Waals surface area (Å²) < 4.78 is 47.7. The molecule has 2 aromatic rings. The van der Waals surface area contributed by atoms with Crippen LogP contribution in [0.2, 0.25) is 10.0 Å². The van der Waals surface area contributed by atoms with Crippen LogP contribution in [0, 0.1) is 0 Å². The second kappa shape index (κ2) is 12.5. The summed E-state index contributed by atoms with van der Waals surface area (Å²) in [6.07, 6.45) is -5.07. The van der Waals surface area contributed by atoms with Crippen LogP contribution >= 0.6 is 23.2 Å². The Morgan fingerprint density at radius 2 is 1.68 bits per heavy atom. The minimum Gasteiger partial charge on any atom is -0.490 e. The second-order valence-electron chi connectivity index (χ2n) is 6.96. The first-order valence-corrected chi connectivity index (χ1v) is 10.7. The van der Waals surface area contributed by atoms with Gasteiger partial charge in [0.05, 0.1) is 23.8 Å². The van der Waals surface area contributed by atoms with Crippen LogP contribution in [0.5, 0.6) is 5.75 Å². The first-order valence-electron chi connectivity index (χ1n) is 9.92. The SMILES string of the molecule is COC(=O)[C@H](Cc1cc(Cl)c(OCCCNC(=O)c2ccccc2)c(Cl)c1)NC(=O)C(F)(F)F. The van der Waals surface area contributed by atoms with Crippen LogP contribution in [0.4, 0.5) is 13.2 Å². The average molecular weight is 521 g/mol. The number of hydrogen-bond donors (Lipinski definition) is 2. The van der Waals surface area contributed by atoms with Crippen molar-refractivity contribution in [2.24, 2.45) is 0 Å². The molecule has 0 heterocycles. The van der Waals surface area contributed by atoms with Gasteiger partial charge < -0.3 is 20.1 Å². The first-order chi connectivity index (χ1) is 16.0. The molecule has 0 fully saturated rings. The highest BCUT2D eigenvalue weighted by Crippen LogP contribution is 2.34. The zero-order valence-electron chi connectivity index (χ0n) is 17.9. The lowest BCUT2D eigenvalue weighted by molar-refractivity contribution is -0.175. The number of rotatable bonds is 10. The lowest BCUT2D eigenvalue weighted by Gasteiger charge is -2.18. The van der Waals surface area contributed by atoms with E-state index in [1.807, 2.05) is 0 Å². The van der Waals surface area contributed by atoms with Gasteiger partial charge in [-0.1, -0.05) is 41.4 Å². The van der Waals surface area contributed by atoms with Gasteiger partial charge in [0.15, 0.2) is 5.75 Å². The van der Waals surface area contributed by atoms with E-state index in [1.165, 1.54) is 12.1 Å². The fourth-order valence-corrected chi connectivity index (χ4v) is 3.46. The van der Waals surface area contributed by atoms with E-state index in [0.29, 0.717) is 18.5 Å². The lowest BCUT2D eigenvalue weighted by atomic mass is 10.1. The van der Waals surface area contributed by atoms with E-state index in [4.69, 9.17) is 27.9 Å². The highest BCUT2D eigenvalue weighted by molar-refractivity contribution is 6.37. The molecule has 2 rings (SSSR count). The smallest absolute Gasteiger partial charge is 0.471 e. The summed E-state index contributed by atoms with van der Waals surface area (Å²) in [6, 6.07) is 9.79. The zero-order valence-corrected chi connectivity index (χ0v) is 19.4. The Hall–Kier alpha value is -2.98. The van der Waals surface area contributed by atoms with Crippen molar-refractivity contribution in [2.45, 2.75) is 25.1 Å². The van der Waals surface area contributed by atoms with Gasteiger partial charge in [-0.25, -0.2) is 4.79 Å². The number of esters is 1. The Morgan fingerprint density at radius 3 is 2.24 bits per heavy atom. The maximum atomic E-state index is 12.6. The molecule has 0 bridgehead atoms. The fraction of sp³-hybridized carbons (Fsp3) is 0.318. The molecule has 0 unspecified atom stereocenters. The molecule has 0 aliphatic carbocycles. The summed E-state index contributed by atoms with van der Waals surface area (Å²) in [5, 5.41) is 4.45. The van der Waals surface area contributed by atoms with Crippen molar-refractivity contribution in [1.82, 2.24) is 10.6 Å². The number of alkyl halides is 3. The Bertz CT molecular complexity index is 996. The summed E-state index contributed by atoms with van der Waals surface area (Å²) in [5.41, 5.74) is 0.803. The maximum absolute atomic E-state index is 12.6. The van der Waals surface area contributed by atoms with Crippen molar-refractivity contribution in [3.8, 4) is 5.75 Å². The molecule has 0 saturated carbocycles. The van der Waals surface area contributed by atoms with Crippen molar-refractivity contribution < 1.29 is 37.0 Å².